The maximum Gasteiger partial charge on any atom is 0.261 e. The largest absolute Gasteiger partial charge is 0.497 e. The third-order valence-corrected chi connectivity index (χ3v) is 4.53. The van der Waals surface area contributed by atoms with Crippen molar-refractivity contribution >= 4 is 11.8 Å². The molecule has 0 radical (unpaired) electrons. The van der Waals surface area contributed by atoms with Crippen LogP contribution in [0.5, 0.6) is 17.2 Å². The SMILES string of the molecule is COc1ccc(CN(C(=O)COc2ccc(OC)cc2)[C@@H](C)C(=O)NC(C)C)cc1. The molecule has 1 N–H and O–H groups in total. The normalized spacial score (nSPS) is 11.5. The number of amides is 2. The number of nitrogens with one attached hydrogen (secondary N) is 1. The smallest absolute Gasteiger partial charge is 0.261 e. The summed E-state index contributed by atoms with van der Waals surface area (Å²) >= 11 is 0. The van der Waals surface area contributed by atoms with Crippen LogP contribution >= 0.6 is 0 Å². The summed E-state index contributed by atoms with van der Waals surface area (Å²) in [7, 11) is 3.18. The summed E-state index contributed by atoms with van der Waals surface area (Å²) in [5.41, 5.74) is 0.887. The van der Waals surface area contributed by atoms with Gasteiger partial charge in [0, 0.05) is 12.6 Å². The van der Waals surface area contributed by atoms with E-state index in [2.05, 4.69) is 5.32 Å². The van der Waals surface area contributed by atoms with Crippen LogP contribution in [0.3, 0.4) is 0 Å². The number of methoxy groups -OCH3 is 2. The van der Waals surface area contributed by atoms with E-state index in [9.17, 15) is 9.59 Å². The zero-order valence-electron chi connectivity index (χ0n) is 18.2. The second-order valence-corrected chi connectivity index (χ2v) is 7.17. The van der Waals surface area contributed by atoms with Crippen molar-refractivity contribution in [1.82, 2.24) is 10.2 Å². The highest BCUT2D eigenvalue weighted by atomic mass is 16.5. The van der Waals surface area contributed by atoms with Gasteiger partial charge in [0.15, 0.2) is 6.61 Å². The molecule has 0 fully saturated rings. The number of hydrogen-bond donors (Lipinski definition) is 1. The maximum atomic E-state index is 13.0. The third kappa shape index (κ3) is 6.69. The number of benzene rings is 2. The first kappa shape index (κ1) is 23.1. The summed E-state index contributed by atoms with van der Waals surface area (Å²) < 4.78 is 15.9. The Balaban J connectivity index is 2.12. The van der Waals surface area contributed by atoms with E-state index in [1.54, 1.807) is 45.4 Å². The van der Waals surface area contributed by atoms with Gasteiger partial charge >= 0.3 is 0 Å². The van der Waals surface area contributed by atoms with Gasteiger partial charge in [-0.1, -0.05) is 12.1 Å². The van der Waals surface area contributed by atoms with Crippen LogP contribution in [0.15, 0.2) is 48.5 Å². The molecule has 2 aromatic carbocycles. The second-order valence-electron chi connectivity index (χ2n) is 7.17. The Labute approximate surface area is 177 Å². The van der Waals surface area contributed by atoms with Crippen molar-refractivity contribution in [2.24, 2.45) is 0 Å². The first-order chi connectivity index (χ1) is 14.3. The highest BCUT2D eigenvalue weighted by Gasteiger charge is 2.26. The van der Waals surface area contributed by atoms with Gasteiger partial charge < -0.3 is 24.4 Å². The molecule has 1 atom stereocenters. The lowest BCUT2D eigenvalue weighted by Crippen LogP contribution is -2.50. The number of carbonyl (C=O) groups is 2. The van der Waals surface area contributed by atoms with E-state index < -0.39 is 6.04 Å². The van der Waals surface area contributed by atoms with Crippen molar-refractivity contribution in [2.45, 2.75) is 39.4 Å². The van der Waals surface area contributed by atoms with Crippen molar-refractivity contribution in [3.05, 3.63) is 54.1 Å². The fourth-order valence-electron chi connectivity index (χ4n) is 2.82. The van der Waals surface area contributed by atoms with Crippen LogP contribution in [0.2, 0.25) is 0 Å². The molecule has 0 aliphatic heterocycles. The van der Waals surface area contributed by atoms with Gasteiger partial charge in [-0.2, -0.15) is 0 Å². The standard InChI is InChI=1S/C23H30N2O5/c1-16(2)24-23(27)17(3)25(14-18-6-8-19(28-4)9-7-18)22(26)15-30-21-12-10-20(29-5)11-13-21/h6-13,16-17H,14-15H2,1-5H3,(H,24,27)/t17-/m0/s1. The second kappa shape index (κ2) is 11.1. The Morgan fingerprint density at radius 1 is 0.867 bits per heavy atom. The monoisotopic (exact) mass is 414 g/mol. The summed E-state index contributed by atoms with van der Waals surface area (Å²) in [6.07, 6.45) is 0. The average molecular weight is 415 g/mol. The van der Waals surface area contributed by atoms with Gasteiger partial charge in [-0.25, -0.2) is 0 Å². The molecule has 0 heterocycles. The van der Waals surface area contributed by atoms with Gasteiger partial charge in [-0.15, -0.1) is 0 Å². The minimum absolute atomic E-state index is 0.0200. The Morgan fingerprint density at radius 3 is 1.87 bits per heavy atom. The van der Waals surface area contributed by atoms with E-state index >= 15 is 0 Å². The summed E-state index contributed by atoms with van der Waals surface area (Å²) in [5.74, 6) is 1.48. The van der Waals surface area contributed by atoms with Gasteiger partial charge in [0.25, 0.3) is 5.91 Å². The van der Waals surface area contributed by atoms with Crippen LogP contribution in [-0.2, 0) is 16.1 Å². The molecule has 0 bridgehead atoms. The highest BCUT2D eigenvalue weighted by Crippen LogP contribution is 2.18. The highest BCUT2D eigenvalue weighted by molar-refractivity contribution is 5.88. The fourth-order valence-corrected chi connectivity index (χ4v) is 2.82. The quantitative estimate of drug-likeness (QED) is 0.647. The zero-order valence-corrected chi connectivity index (χ0v) is 18.2. The lowest BCUT2D eigenvalue weighted by Gasteiger charge is -2.29. The van der Waals surface area contributed by atoms with E-state index in [4.69, 9.17) is 14.2 Å². The van der Waals surface area contributed by atoms with Crippen molar-refractivity contribution in [3.63, 3.8) is 0 Å². The van der Waals surface area contributed by atoms with Crippen molar-refractivity contribution < 1.29 is 23.8 Å². The van der Waals surface area contributed by atoms with Crippen molar-refractivity contribution in [2.75, 3.05) is 20.8 Å². The summed E-state index contributed by atoms with van der Waals surface area (Å²) in [5, 5.41) is 2.86. The molecule has 7 nitrogen and oxygen atoms in total. The Kier molecular flexibility index (Phi) is 8.53. The van der Waals surface area contributed by atoms with Crippen LogP contribution in [0, 0.1) is 0 Å². The zero-order chi connectivity index (χ0) is 22.1. The first-order valence-electron chi connectivity index (χ1n) is 9.83. The molecule has 0 spiro atoms. The lowest BCUT2D eigenvalue weighted by molar-refractivity contribution is -0.142. The van der Waals surface area contributed by atoms with Gasteiger partial charge in [-0.05, 0) is 62.7 Å². The minimum atomic E-state index is -0.651. The molecule has 0 unspecified atom stereocenters. The molecule has 30 heavy (non-hydrogen) atoms. The molecule has 2 amide bonds. The predicted octanol–water partition coefficient (Wildman–Crippen LogP) is 3.02. The molecule has 2 rings (SSSR count). The Bertz CT molecular complexity index is 818. The Hall–Kier alpha value is -3.22. The number of carbonyl (C=O) groups excluding carboxylic acids is 2. The van der Waals surface area contributed by atoms with Crippen LogP contribution < -0.4 is 19.5 Å². The molecule has 0 aliphatic rings. The van der Waals surface area contributed by atoms with Gasteiger partial charge in [-0.3, -0.25) is 9.59 Å². The van der Waals surface area contributed by atoms with Crippen molar-refractivity contribution in [1.29, 1.82) is 0 Å². The van der Waals surface area contributed by atoms with E-state index in [-0.39, 0.29) is 31.0 Å². The lowest BCUT2D eigenvalue weighted by atomic mass is 10.1. The molecule has 0 saturated carbocycles. The van der Waals surface area contributed by atoms with Gasteiger partial charge in [0.1, 0.15) is 23.3 Å². The van der Waals surface area contributed by atoms with E-state index in [0.29, 0.717) is 11.5 Å². The molecule has 0 aromatic heterocycles. The van der Waals surface area contributed by atoms with E-state index in [0.717, 1.165) is 11.3 Å². The van der Waals surface area contributed by atoms with Crippen molar-refractivity contribution in [3.8, 4) is 17.2 Å². The first-order valence-corrected chi connectivity index (χ1v) is 9.83. The number of rotatable bonds is 10. The van der Waals surface area contributed by atoms with Gasteiger partial charge in [0.2, 0.25) is 5.91 Å². The molecular formula is C23H30N2O5. The van der Waals surface area contributed by atoms with E-state index in [1.165, 1.54) is 4.90 Å². The van der Waals surface area contributed by atoms with Crippen LogP contribution in [0.4, 0.5) is 0 Å². The summed E-state index contributed by atoms with van der Waals surface area (Å²) in [4.78, 5) is 27.0. The summed E-state index contributed by atoms with van der Waals surface area (Å²) in [6, 6.07) is 13.7. The average Bonchev–Trinajstić information content (AvgIpc) is 2.75. The minimum Gasteiger partial charge on any atom is -0.497 e. The molecule has 0 saturated heterocycles. The van der Waals surface area contributed by atoms with Crippen LogP contribution in [-0.4, -0.2) is 49.6 Å². The van der Waals surface area contributed by atoms with Crippen LogP contribution in [0.25, 0.3) is 0 Å². The molecule has 0 aliphatic carbocycles. The maximum absolute atomic E-state index is 13.0. The number of nitrogens with zero attached hydrogens (tertiary/aromatic N) is 1. The fraction of sp³-hybridized carbons (Fsp3) is 0.391. The molecule has 7 heteroatoms. The number of hydrogen-bond acceptors (Lipinski definition) is 5. The molecule has 2 aromatic rings. The van der Waals surface area contributed by atoms with Gasteiger partial charge in [0.05, 0.1) is 14.2 Å². The predicted molar refractivity (Wildman–Crippen MR) is 115 cm³/mol. The number of ether oxygens (including phenoxy) is 3. The summed E-state index contributed by atoms with van der Waals surface area (Å²) in [6.45, 7) is 5.58. The van der Waals surface area contributed by atoms with Crippen LogP contribution in [0.1, 0.15) is 26.3 Å². The molecular weight excluding hydrogens is 384 g/mol. The molecule has 162 valence electrons. The third-order valence-electron chi connectivity index (χ3n) is 4.53. The topological polar surface area (TPSA) is 77.1 Å². The van der Waals surface area contributed by atoms with E-state index in [1.807, 2.05) is 38.1 Å². The Morgan fingerprint density at radius 2 is 1.37 bits per heavy atom.